The van der Waals surface area contributed by atoms with Crippen molar-refractivity contribution in [2.75, 3.05) is 11.9 Å². The molecular formula is C26H21BrClIN2O3. The molecule has 0 saturated carbocycles. The lowest BCUT2D eigenvalue weighted by Crippen LogP contribution is -2.14. The third-order valence-electron chi connectivity index (χ3n) is 4.82. The van der Waals surface area contributed by atoms with Crippen LogP contribution in [-0.4, -0.2) is 12.5 Å². The maximum atomic E-state index is 12.7. The fourth-order valence-electron chi connectivity index (χ4n) is 3.06. The largest absolute Gasteiger partial charge is 0.490 e. The quantitative estimate of drug-likeness (QED) is 0.155. The second kappa shape index (κ2) is 12.2. The van der Waals surface area contributed by atoms with E-state index in [0.29, 0.717) is 45.5 Å². The van der Waals surface area contributed by atoms with Crippen molar-refractivity contribution in [1.29, 1.82) is 5.26 Å². The number of nitriles is 1. The topological polar surface area (TPSA) is 71.3 Å². The maximum Gasteiger partial charge on any atom is 0.266 e. The fraction of sp³-hybridized carbons (Fsp3) is 0.154. The molecule has 0 atom stereocenters. The third-order valence-corrected chi connectivity index (χ3v) is 6.54. The SMILES string of the molecule is CCOc1cc(/C=C(\C#N)C(=O)Nc2cccc(Cl)c2C)cc(Br)c1OCc1ccc(I)cc1. The number of carbonyl (C=O) groups excluding carboxylic acids is 1. The van der Waals surface area contributed by atoms with E-state index in [1.165, 1.54) is 6.08 Å². The van der Waals surface area contributed by atoms with Crippen molar-refractivity contribution in [3.05, 3.63) is 89.9 Å². The Balaban J connectivity index is 1.86. The van der Waals surface area contributed by atoms with Gasteiger partial charge in [0.25, 0.3) is 5.91 Å². The minimum Gasteiger partial charge on any atom is -0.490 e. The van der Waals surface area contributed by atoms with Crippen LogP contribution in [0, 0.1) is 21.8 Å². The molecule has 3 aromatic carbocycles. The third kappa shape index (κ3) is 6.75. The van der Waals surface area contributed by atoms with E-state index < -0.39 is 5.91 Å². The van der Waals surface area contributed by atoms with Crippen LogP contribution in [0.25, 0.3) is 6.08 Å². The summed E-state index contributed by atoms with van der Waals surface area (Å²) in [5.41, 5.74) is 2.87. The molecule has 0 saturated heterocycles. The van der Waals surface area contributed by atoms with Gasteiger partial charge in [0, 0.05) is 14.3 Å². The predicted molar refractivity (Wildman–Crippen MR) is 147 cm³/mol. The highest BCUT2D eigenvalue weighted by molar-refractivity contribution is 14.1. The van der Waals surface area contributed by atoms with Crippen LogP contribution in [0.5, 0.6) is 11.5 Å². The standard InChI is InChI=1S/C26H21BrClIN2O3/c1-3-33-24-13-18(12-21(27)25(24)34-15-17-7-9-20(29)10-8-17)11-19(14-30)26(32)31-23-6-4-5-22(28)16(23)2/h4-13H,3,15H2,1-2H3,(H,31,32)/b19-11+. The van der Waals surface area contributed by atoms with E-state index in [1.807, 2.05) is 37.3 Å². The van der Waals surface area contributed by atoms with Crippen molar-refractivity contribution in [3.8, 4) is 17.6 Å². The number of nitrogens with one attached hydrogen (secondary N) is 1. The average Bonchev–Trinajstić information content (AvgIpc) is 2.81. The molecule has 0 aliphatic heterocycles. The second-order valence-corrected chi connectivity index (χ2v) is 9.72. The Kier molecular flexibility index (Phi) is 9.39. The first-order chi connectivity index (χ1) is 16.3. The first-order valence-corrected chi connectivity index (χ1v) is 12.6. The average molecular weight is 652 g/mol. The van der Waals surface area contributed by atoms with Crippen LogP contribution in [0.15, 0.2) is 64.6 Å². The molecule has 174 valence electrons. The summed E-state index contributed by atoms with van der Waals surface area (Å²) in [6, 6.07) is 18.8. The van der Waals surface area contributed by atoms with E-state index in [2.05, 4.69) is 43.8 Å². The summed E-state index contributed by atoms with van der Waals surface area (Å²) in [6.45, 7) is 4.48. The zero-order chi connectivity index (χ0) is 24.7. The molecule has 0 bridgehead atoms. The monoisotopic (exact) mass is 650 g/mol. The highest BCUT2D eigenvalue weighted by atomic mass is 127. The Labute approximate surface area is 226 Å². The molecule has 1 amide bonds. The Morgan fingerprint density at radius 3 is 2.62 bits per heavy atom. The van der Waals surface area contributed by atoms with E-state index in [-0.39, 0.29) is 5.57 Å². The summed E-state index contributed by atoms with van der Waals surface area (Å²) < 4.78 is 13.6. The number of hydrogen-bond acceptors (Lipinski definition) is 4. The minimum atomic E-state index is -0.527. The number of halogens is 3. The number of ether oxygens (including phenoxy) is 2. The van der Waals surface area contributed by atoms with Crippen molar-refractivity contribution in [1.82, 2.24) is 0 Å². The van der Waals surface area contributed by atoms with Gasteiger partial charge in [-0.3, -0.25) is 4.79 Å². The molecular weight excluding hydrogens is 631 g/mol. The lowest BCUT2D eigenvalue weighted by Gasteiger charge is -2.15. The molecule has 0 spiro atoms. The first-order valence-electron chi connectivity index (χ1n) is 10.3. The molecule has 3 rings (SSSR count). The molecule has 1 N–H and O–H groups in total. The lowest BCUT2D eigenvalue weighted by molar-refractivity contribution is -0.112. The summed E-state index contributed by atoms with van der Waals surface area (Å²) in [4.78, 5) is 12.7. The van der Waals surface area contributed by atoms with Crippen molar-refractivity contribution < 1.29 is 14.3 Å². The zero-order valence-corrected chi connectivity index (χ0v) is 23.0. The van der Waals surface area contributed by atoms with Crippen molar-refractivity contribution >= 4 is 67.8 Å². The normalized spacial score (nSPS) is 11.0. The second-order valence-electron chi connectivity index (χ2n) is 7.21. The van der Waals surface area contributed by atoms with Crippen LogP contribution in [0.4, 0.5) is 5.69 Å². The van der Waals surface area contributed by atoms with E-state index in [0.717, 1.165) is 14.7 Å². The van der Waals surface area contributed by atoms with Crippen LogP contribution in [0.2, 0.25) is 5.02 Å². The molecule has 34 heavy (non-hydrogen) atoms. The van der Waals surface area contributed by atoms with Gasteiger partial charge >= 0.3 is 0 Å². The van der Waals surface area contributed by atoms with E-state index in [1.54, 1.807) is 37.3 Å². The zero-order valence-electron chi connectivity index (χ0n) is 18.5. The number of carbonyl (C=O) groups is 1. The molecule has 5 nitrogen and oxygen atoms in total. The predicted octanol–water partition coefficient (Wildman–Crippen LogP) is 7.54. The summed E-state index contributed by atoms with van der Waals surface area (Å²) in [7, 11) is 0. The highest BCUT2D eigenvalue weighted by Crippen LogP contribution is 2.38. The van der Waals surface area contributed by atoms with Crippen LogP contribution in [0.1, 0.15) is 23.6 Å². The molecule has 0 aliphatic carbocycles. The molecule has 0 aliphatic rings. The van der Waals surface area contributed by atoms with Gasteiger partial charge in [-0.2, -0.15) is 5.26 Å². The van der Waals surface area contributed by atoms with E-state index >= 15 is 0 Å². The maximum absolute atomic E-state index is 12.7. The Hall–Kier alpha value is -2.54. The fourth-order valence-corrected chi connectivity index (χ4v) is 4.17. The van der Waals surface area contributed by atoms with Crippen LogP contribution < -0.4 is 14.8 Å². The molecule has 0 unspecified atom stereocenters. The van der Waals surface area contributed by atoms with Crippen LogP contribution >= 0.6 is 50.1 Å². The summed E-state index contributed by atoms with van der Waals surface area (Å²) in [6.07, 6.45) is 1.51. The Morgan fingerprint density at radius 1 is 1.21 bits per heavy atom. The molecule has 0 aromatic heterocycles. The van der Waals surface area contributed by atoms with Crippen LogP contribution in [0.3, 0.4) is 0 Å². The first kappa shape index (κ1) is 26.1. The van der Waals surface area contributed by atoms with Gasteiger partial charge in [-0.25, -0.2) is 0 Å². The summed E-state index contributed by atoms with van der Waals surface area (Å²) in [5.74, 6) is 0.535. The van der Waals surface area contributed by atoms with Gasteiger partial charge < -0.3 is 14.8 Å². The Morgan fingerprint density at radius 2 is 1.94 bits per heavy atom. The van der Waals surface area contributed by atoms with E-state index in [9.17, 15) is 10.1 Å². The highest BCUT2D eigenvalue weighted by Gasteiger charge is 2.15. The smallest absolute Gasteiger partial charge is 0.266 e. The van der Waals surface area contributed by atoms with Crippen LogP contribution in [-0.2, 0) is 11.4 Å². The van der Waals surface area contributed by atoms with Gasteiger partial charge in [-0.15, -0.1) is 0 Å². The van der Waals surface area contributed by atoms with Crippen molar-refractivity contribution in [2.45, 2.75) is 20.5 Å². The number of benzene rings is 3. The van der Waals surface area contributed by atoms with Gasteiger partial charge in [0.2, 0.25) is 0 Å². The lowest BCUT2D eigenvalue weighted by atomic mass is 10.1. The summed E-state index contributed by atoms with van der Waals surface area (Å²) >= 11 is 11.9. The molecule has 3 aromatic rings. The number of anilines is 1. The van der Waals surface area contributed by atoms with Gasteiger partial charge in [0.05, 0.1) is 11.1 Å². The number of amides is 1. The number of nitrogens with zero attached hydrogens (tertiary/aromatic N) is 1. The van der Waals surface area contributed by atoms with Gasteiger partial charge in [0.1, 0.15) is 18.2 Å². The van der Waals surface area contributed by atoms with Crippen molar-refractivity contribution in [2.24, 2.45) is 0 Å². The molecule has 0 fully saturated rings. The summed E-state index contributed by atoms with van der Waals surface area (Å²) in [5, 5.41) is 12.9. The molecule has 0 heterocycles. The van der Waals surface area contributed by atoms with Gasteiger partial charge in [-0.1, -0.05) is 29.8 Å². The number of hydrogen-bond donors (Lipinski definition) is 1. The molecule has 0 radical (unpaired) electrons. The Bertz CT molecular complexity index is 1270. The minimum absolute atomic E-state index is 0.0544. The molecule has 8 heteroatoms. The van der Waals surface area contributed by atoms with Crippen molar-refractivity contribution in [3.63, 3.8) is 0 Å². The number of rotatable bonds is 8. The van der Waals surface area contributed by atoms with Gasteiger partial charge in [0.15, 0.2) is 11.5 Å². The van der Waals surface area contributed by atoms with Gasteiger partial charge in [-0.05, 0) is 112 Å². The van der Waals surface area contributed by atoms with E-state index in [4.69, 9.17) is 21.1 Å².